The number of fused-ring (bicyclic) bond motifs is 7. The van der Waals surface area contributed by atoms with E-state index in [9.17, 15) is 40.5 Å². The fourth-order valence-corrected chi connectivity index (χ4v) is 13.3. The number of ether oxygens (including phenoxy) is 4. The first-order chi connectivity index (χ1) is 24.7. The summed E-state index contributed by atoms with van der Waals surface area (Å²) in [5, 5.41) is 74.9. The summed E-state index contributed by atoms with van der Waals surface area (Å²) in [5.74, 6) is -0.194. The monoisotopic (exact) mass is 750 g/mol. The average Bonchev–Trinajstić information content (AvgIpc) is 3.10. The van der Waals surface area contributed by atoms with E-state index in [0.29, 0.717) is 18.8 Å². The van der Waals surface area contributed by atoms with Gasteiger partial charge in [0.05, 0.1) is 30.8 Å². The Morgan fingerprint density at radius 3 is 2.21 bits per heavy atom. The van der Waals surface area contributed by atoms with Crippen molar-refractivity contribution in [1.29, 1.82) is 0 Å². The highest BCUT2D eigenvalue weighted by Gasteiger charge is 2.70. The van der Waals surface area contributed by atoms with Gasteiger partial charge < -0.3 is 54.7 Å². The molecule has 0 aromatic heterocycles. The minimum atomic E-state index is -1.62. The summed E-state index contributed by atoms with van der Waals surface area (Å²) in [6.07, 6.45) is -1.79. The summed E-state index contributed by atoms with van der Waals surface area (Å²) >= 11 is 0. The van der Waals surface area contributed by atoms with Crippen LogP contribution in [-0.4, -0.2) is 116 Å². The molecule has 2 saturated heterocycles. The first-order valence-electron chi connectivity index (χ1n) is 20.2. The molecular formula is C41H66O12. The molecule has 18 atom stereocenters. The zero-order chi connectivity index (χ0) is 38.7. The van der Waals surface area contributed by atoms with E-state index < -0.39 is 78.2 Å². The second-order valence-corrected chi connectivity index (χ2v) is 20.0. The van der Waals surface area contributed by atoms with Crippen molar-refractivity contribution in [3.63, 3.8) is 0 Å². The average molecular weight is 751 g/mol. The molecule has 302 valence electrons. The third-order valence-electron chi connectivity index (χ3n) is 17.0. The molecule has 0 spiro atoms. The van der Waals surface area contributed by atoms with E-state index in [0.717, 1.165) is 51.4 Å². The van der Waals surface area contributed by atoms with Gasteiger partial charge in [-0.3, -0.25) is 4.79 Å². The van der Waals surface area contributed by atoms with Gasteiger partial charge in [-0.05, 0) is 111 Å². The lowest BCUT2D eigenvalue weighted by Crippen LogP contribution is -2.67. The molecule has 53 heavy (non-hydrogen) atoms. The van der Waals surface area contributed by atoms with Gasteiger partial charge in [0.1, 0.15) is 36.6 Å². The molecule has 5 aliphatic carbocycles. The third-order valence-corrected chi connectivity index (χ3v) is 17.0. The number of hydrogen-bond donors (Lipinski definition) is 7. The van der Waals surface area contributed by atoms with E-state index in [1.54, 1.807) is 0 Å². The van der Waals surface area contributed by atoms with Crippen LogP contribution in [0, 0.1) is 50.2 Å². The molecule has 0 bridgehead atoms. The molecule has 4 saturated carbocycles. The number of aliphatic hydroxyl groups is 6. The molecule has 2 heterocycles. The van der Waals surface area contributed by atoms with Crippen molar-refractivity contribution in [2.45, 2.75) is 174 Å². The molecule has 7 aliphatic rings. The van der Waals surface area contributed by atoms with Crippen molar-refractivity contribution in [3.05, 3.63) is 11.6 Å². The Bertz CT molecular complexity index is 1440. The maximum absolute atomic E-state index is 13.0. The molecular weight excluding hydrogens is 684 g/mol. The second kappa shape index (κ2) is 13.5. The summed E-state index contributed by atoms with van der Waals surface area (Å²) in [7, 11) is 0. The van der Waals surface area contributed by atoms with Gasteiger partial charge in [-0.25, -0.2) is 0 Å². The predicted octanol–water partition coefficient (Wildman–Crippen LogP) is 3.52. The summed E-state index contributed by atoms with van der Waals surface area (Å²) in [4.78, 5) is 13.0. The topological polar surface area (TPSA) is 196 Å². The van der Waals surface area contributed by atoms with Gasteiger partial charge in [0, 0.05) is 5.41 Å². The first-order valence-corrected chi connectivity index (χ1v) is 20.2. The van der Waals surface area contributed by atoms with E-state index in [4.69, 9.17) is 18.9 Å². The summed E-state index contributed by atoms with van der Waals surface area (Å²) in [6, 6.07) is 0. The van der Waals surface area contributed by atoms with Crippen LogP contribution in [0.2, 0.25) is 0 Å². The lowest BCUT2D eigenvalue weighted by atomic mass is 9.33. The highest BCUT2D eigenvalue weighted by molar-refractivity contribution is 5.76. The van der Waals surface area contributed by atoms with Gasteiger partial charge in [-0.15, -0.1) is 0 Å². The number of carbonyl (C=O) groups is 1. The zero-order valence-electron chi connectivity index (χ0n) is 32.7. The normalized spacial score (nSPS) is 55.1. The standard InChI is InChI=1S/C41H66O12/c1-21-28(44)30(46)31(47)33(51-21)53-32-29(45)24(43)19-50-34(32)52-27-11-12-37(4)25(38(27,5)20-42)10-13-40(7)26(37)9-8-22-23-18-36(2,3)14-16-41(23,35(48)49)17-15-39(22,40)6/h8,21,23-34,42-47H,9-20H2,1-7H3,(H,48,49)/t21-,23-,24+,25+,26+,27+,28-,29+,30+,31+,32+,33-,34+,37+,38-,39+,40+,41-/m0/s1. The molecule has 2 aliphatic heterocycles. The Morgan fingerprint density at radius 2 is 1.53 bits per heavy atom. The number of aliphatic hydroxyl groups excluding tert-OH is 6. The molecule has 0 unspecified atom stereocenters. The van der Waals surface area contributed by atoms with Crippen LogP contribution < -0.4 is 0 Å². The smallest absolute Gasteiger partial charge is 0.310 e. The van der Waals surface area contributed by atoms with Crippen LogP contribution >= 0.6 is 0 Å². The van der Waals surface area contributed by atoms with Crippen LogP contribution in [-0.2, 0) is 23.7 Å². The van der Waals surface area contributed by atoms with Crippen LogP contribution in [0.4, 0.5) is 0 Å². The second-order valence-electron chi connectivity index (χ2n) is 20.0. The van der Waals surface area contributed by atoms with Crippen molar-refractivity contribution in [1.82, 2.24) is 0 Å². The number of aliphatic carboxylic acids is 1. The van der Waals surface area contributed by atoms with E-state index in [1.165, 1.54) is 12.5 Å². The minimum absolute atomic E-state index is 0.0360. The number of rotatable bonds is 6. The van der Waals surface area contributed by atoms with Crippen LogP contribution in [0.25, 0.3) is 0 Å². The van der Waals surface area contributed by atoms with Crippen LogP contribution in [0.15, 0.2) is 11.6 Å². The number of carboxylic acid groups (broad SMARTS) is 1. The van der Waals surface area contributed by atoms with Crippen molar-refractivity contribution >= 4 is 5.97 Å². The van der Waals surface area contributed by atoms with Gasteiger partial charge in [-0.2, -0.15) is 0 Å². The fraction of sp³-hybridized carbons (Fsp3) is 0.927. The molecule has 0 aromatic rings. The van der Waals surface area contributed by atoms with Crippen molar-refractivity contribution in [3.8, 4) is 0 Å². The van der Waals surface area contributed by atoms with Crippen molar-refractivity contribution < 1.29 is 59.5 Å². The Hall–Kier alpha value is -1.19. The van der Waals surface area contributed by atoms with Crippen LogP contribution in [0.5, 0.6) is 0 Å². The van der Waals surface area contributed by atoms with E-state index in [-0.39, 0.29) is 46.7 Å². The maximum Gasteiger partial charge on any atom is 0.310 e. The Balaban J connectivity index is 1.15. The molecule has 12 heteroatoms. The number of allylic oxidation sites excluding steroid dienone is 2. The van der Waals surface area contributed by atoms with E-state index in [2.05, 4.69) is 47.6 Å². The Kier molecular flexibility index (Phi) is 10.2. The minimum Gasteiger partial charge on any atom is -0.481 e. The van der Waals surface area contributed by atoms with Crippen molar-refractivity contribution in [2.24, 2.45) is 50.2 Å². The molecule has 0 aromatic carbocycles. The van der Waals surface area contributed by atoms with E-state index >= 15 is 0 Å². The third kappa shape index (κ3) is 5.85. The molecule has 0 amide bonds. The Labute approximate surface area is 314 Å². The molecule has 7 N–H and O–H groups in total. The van der Waals surface area contributed by atoms with Gasteiger partial charge in [0.25, 0.3) is 0 Å². The highest BCUT2D eigenvalue weighted by Crippen LogP contribution is 2.76. The maximum atomic E-state index is 13.0. The Morgan fingerprint density at radius 1 is 0.830 bits per heavy atom. The SMILES string of the molecule is C[C@@H]1O[C@@H](O[C@H]2[C@@H](O[C@@H]3CC[C@]4(C)[C@@H](CC[C@]5(C)[C@@H]4CC=C4[C@@H]6CC(C)(C)CC[C@]6(C(=O)O)CC[C@]45C)[C@]3(C)CO)OC[C@@H](O)[C@H]2O)[C@H](O)[C@H](O)[C@H]1O. The van der Waals surface area contributed by atoms with Crippen molar-refractivity contribution in [2.75, 3.05) is 13.2 Å². The number of hydrogen-bond acceptors (Lipinski definition) is 11. The first kappa shape index (κ1) is 40.0. The highest BCUT2D eigenvalue weighted by atomic mass is 16.8. The predicted molar refractivity (Wildman–Crippen MR) is 192 cm³/mol. The summed E-state index contributed by atoms with van der Waals surface area (Å²) in [5.41, 5.74) is -0.239. The fourth-order valence-electron chi connectivity index (χ4n) is 13.3. The zero-order valence-corrected chi connectivity index (χ0v) is 32.7. The van der Waals surface area contributed by atoms with Gasteiger partial charge >= 0.3 is 5.97 Å². The summed E-state index contributed by atoms with van der Waals surface area (Å²) in [6.45, 7) is 15.1. The number of carboxylic acids is 1. The molecule has 6 fully saturated rings. The molecule has 0 radical (unpaired) electrons. The van der Waals surface area contributed by atoms with Crippen LogP contribution in [0.3, 0.4) is 0 Å². The summed E-state index contributed by atoms with van der Waals surface area (Å²) < 4.78 is 24.3. The van der Waals surface area contributed by atoms with Gasteiger partial charge in [0.15, 0.2) is 12.6 Å². The molecule has 7 rings (SSSR count). The lowest BCUT2D eigenvalue weighted by molar-refractivity contribution is -0.365. The lowest BCUT2D eigenvalue weighted by Gasteiger charge is -2.71. The largest absolute Gasteiger partial charge is 0.481 e. The quantitative estimate of drug-likeness (QED) is 0.155. The van der Waals surface area contributed by atoms with Crippen LogP contribution in [0.1, 0.15) is 113 Å². The van der Waals surface area contributed by atoms with E-state index in [1.807, 2.05) is 0 Å². The molecule has 12 nitrogen and oxygen atoms in total. The van der Waals surface area contributed by atoms with Gasteiger partial charge in [-0.1, -0.05) is 53.2 Å². The van der Waals surface area contributed by atoms with Gasteiger partial charge in [0.2, 0.25) is 0 Å².